The number of nitrogens with zero attached hydrogens (tertiary/aromatic N) is 4. The van der Waals surface area contributed by atoms with Gasteiger partial charge in [-0.15, -0.1) is 0 Å². The first-order valence-electron chi connectivity index (χ1n) is 14.3. The van der Waals surface area contributed by atoms with Gasteiger partial charge in [-0.3, -0.25) is 4.79 Å². The quantitative estimate of drug-likeness (QED) is 0.207. The Morgan fingerprint density at radius 3 is 2.45 bits per heavy atom. The molecule has 12 heteroatoms. The number of likely N-dealkylation sites (N-methyl/N-ethyl adjacent to an activating group) is 1. The summed E-state index contributed by atoms with van der Waals surface area (Å²) in [5.74, 6) is 0.161. The van der Waals surface area contributed by atoms with Crippen molar-refractivity contribution in [1.29, 1.82) is 5.41 Å². The number of halogens is 1. The summed E-state index contributed by atoms with van der Waals surface area (Å²) in [6, 6.07) is 16.2. The van der Waals surface area contributed by atoms with E-state index in [1.165, 1.54) is 23.2 Å². The van der Waals surface area contributed by atoms with Crippen molar-refractivity contribution in [3.05, 3.63) is 77.6 Å². The maximum absolute atomic E-state index is 15.3. The Morgan fingerprint density at radius 2 is 1.80 bits per heavy atom. The van der Waals surface area contributed by atoms with Crippen LogP contribution in [0.5, 0.6) is 0 Å². The Labute approximate surface area is 254 Å². The molecule has 0 radical (unpaired) electrons. The van der Waals surface area contributed by atoms with Gasteiger partial charge in [-0.05, 0) is 67.2 Å². The van der Waals surface area contributed by atoms with E-state index in [4.69, 9.17) is 20.1 Å². The summed E-state index contributed by atoms with van der Waals surface area (Å²) in [5, 5.41) is 17.0. The molecule has 1 aliphatic rings. The molecule has 44 heavy (non-hydrogen) atoms. The van der Waals surface area contributed by atoms with Gasteiger partial charge in [0, 0.05) is 68.1 Å². The molecule has 1 saturated heterocycles. The van der Waals surface area contributed by atoms with Gasteiger partial charge < -0.3 is 35.9 Å². The number of hydrogen-bond acceptors (Lipinski definition) is 8. The number of carbonyl (C=O) groups excluding carboxylic acids is 2. The molecule has 228 valence electrons. The number of amides is 3. The first kappa shape index (κ1) is 30.5. The molecule has 3 aromatic carbocycles. The molecule has 0 saturated carbocycles. The molecular formula is C32H35FN8O3. The smallest absolute Gasteiger partial charge is 0.323 e. The van der Waals surface area contributed by atoms with E-state index < -0.39 is 11.8 Å². The van der Waals surface area contributed by atoms with Gasteiger partial charge in [-0.2, -0.15) is 0 Å². The van der Waals surface area contributed by atoms with Gasteiger partial charge in [0.25, 0.3) is 5.91 Å². The van der Waals surface area contributed by atoms with Crippen LogP contribution in [0.2, 0.25) is 0 Å². The minimum absolute atomic E-state index is 0.0111. The number of ether oxygens (including phenoxy) is 1. The number of urea groups is 1. The summed E-state index contributed by atoms with van der Waals surface area (Å²) in [7, 11) is 5.17. The lowest BCUT2D eigenvalue weighted by Gasteiger charge is -2.29. The molecule has 1 aromatic heterocycles. The zero-order chi connectivity index (χ0) is 31.2. The van der Waals surface area contributed by atoms with E-state index in [-0.39, 0.29) is 17.5 Å². The van der Waals surface area contributed by atoms with Crippen molar-refractivity contribution < 1.29 is 18.7 Å². The van der Waals surface area contributed by atoms with Crippen LogP contribution in [-0.4, -0.2) is 87.0 Å². The highest BCUT2D eigenvalue weighted by Crippen LogP contribution is 2.31. The molecule has 0 bridgehead atoms. The van der Waals surface area contributed by atoms with Crippen molar-refractivity contribution in [2.75, 3.05) is 69.5 Å². The predicted octanol–water partition coefficient (Wildman–Crippen LogP) is 4.57. The van der Waals surface area contributed by atoms with Gasteiger partial charge in [-0.1, -0.05) is 6.07 Å². The number of fused-ring (bicyclic) bond motifs is 1. The number of rotatable bonds is 9. The second-order valence-corrected chi connectivity index (χ2v) is 10.6. The van der Waals surface area contributed by atoms with Gasteiger partial charge in [0.1, 0.15) is 11.6 Å². The molecular weight excluding hydrogens is 563 g/mol. The molecule has 1 fully saturated rings. The maximum atomic E-state index is 15.3. The topological polar surface area (TPSA) is 136 Å². The lowest BCUT2D eigenvalue weighted by Crippen LogP contribution is -2.37. The molecule has 11 nitrogen and oxygen atoms in total. The van der Waals surface area contributed by atoms with Gasteiger partial charge >= 0.3 is 6.03 Å². The van der Waals surface area contributed by atoms with Crippen LogP contribution < -0.4 is 20.9 Å². The van der Waals surface area contributed by atoms with Crippen LogP contribution in [0.3, 0.4) is 0 Å². The fourth-order valence-corrected chi connectivity index (χ4v) is 4.99. The Balaban J connectivity index is 1.40. The second kappa shape index (κ2) is 13.6. The summed E-state index contributed by atoms with van der Waals surface area (Å²) in [6.07, 6.45) is 1.40. The number of anilines is 3. The third kappa shape index (κ3) is 6.82. The van der Waals surface area contributed by atoms with Crippen molar-refractivity contribution in [2.45, 2.75) is 5.92 Å². The number of benzene rings is 3. The van der Waals surface area contributed by atoms with Crippen LogP contribution in [-0.2, 0) is 4.74 Å². The summed E-state index contributed by atoms with van der Waals surface area (Å²) in [4.78, 5) is 38.0. The van der Waals surface area contributed by atoms with Crippen molar-refractivity contribution in [3.63, 3.8) is 0 Å². The molecule has 5 rings (SSSR count). The van der Waals surface area contributed by atoms with Crippen LogP contribution in [0.25, 0.3) is 22.3 Å². The lowest BCUT2D eigenvalue weighted by molar-refractivity contribution is 0.0827. The standard InChI is InChI=1S/C32H35FN8O3/c1-35-19-23(18-34)21-6-10-25-28(17-21)37-29(39-30(25)41-12-14-44-15-13-41)22-7-11-27(26(33)16-22)38-32(43)36-24-8-4-20(5-9-24)31(42)40(2)3/h4-11,16-18,23,34-35H,12-15,19H2,1-3H3,(H2,36,38,43). The second-order valence-electron chi connectivity index (χ2n) is 10.6. The maximum Gasteiger partial charge on any atom is 0.323 e. The monoisotopic (exact) mass is 598 g/mol. The fourth-order valence-electron chi connectivity index (χ4n) is 4.99. The normalized spacial score (nSPS) is 13.8. The highest BCUT2D eigenvalue weighted by atomic mass is 19.1. The number of nitrogens with one attached hydrogen (secondary N) is 4. The number of morpholine rings is 1. The fraction of sp³-hybridized carbons (Fsp3) is 0.281. The summed E-state index contributed by atoms with van der Waals surface area (Å²) >= 11 is 0. The number of aromatic nitrogens is 2. The number of carbonyl (C=O) groups is 2. The molecule has 3 amide bonds. The zero-order valence-corrected chi connectivity index (χ0v) is 24.9. The minimum Gasteiger partial charge on any atom is -0.378 e. The van der Waals surface area contributed by atoms with E-state index in [0.29, 0.717) is 61.0 Å². The van der Waals surface area contributed by atoms with Crippen molar-refractivity contribution in [3.8, 4) is 11.4 Å². The van der Waals surface area contributed by atoms with Crippen molar-refractivity contribution in [1.82, 2.24) is 20.2 Å². The van der Waals surface area contributed by atoms with Crippen LogP contribution in [0.15, 0.2) is 60.7 Å². The van der Waals surface area contributed by atoms with Crippen LogP contribution in [0.4, 0.5) is 26.4 Å². The van der Waals surface area contributed by atoms with Gasteiger partial charge in [-0.25, -0.2) is 19.2 Å². The van der Waals surface area contributed by atoms with Crippen molar-refractivity contribution in [2.24, 2.45) is 0 Å². The lowest BCUT2D eigenvalue weighted by atomic mass is 9.98. The molecule has 4 N–H and O–H groups in total. The van der Waals surface area contributed by atoms with Gasteiger partial charge in [0.2, 0.25) is 0 Å². The Hall–Kier alpha value is -4.94. The Morgan fingerprint density at radius 1 is 1.05 bits per heavy atom. The Bertz CT molecular complexity index is 1670. The molecule has 4 aromatic rings. The van der Waals surface area contributed by atoms with Crippen LogP contribution in [0.1, 0.15) is 21.8 Å². The highest BCUT2D eigenvalue weighted by molar-refractivity contribution is 6.01. The minimum atomic E-state index is -0.646. The summed E-state index contributed by atoms with van der Waals surface area (Å²) in [5.41, 5.74) is 3.01. The number of hydrogen-bond donors (Lipinski definition) is 4. The van der Waals surface area contributed by atoms with Gasteiger partial charge in [0.05, 0.1) is 24.4 Å². The molecule has 1 atom stereocenters. The highest BCUT2D eigenvalue weighted by Gasteiger charge is 2.20. The van der Waals surface area contributed by atoms with E-state index in [2.05, 4.69) is 20.9 Å². The van der Waals surface area contributed by atoms with E-state index >= 15 is 4.39 Å². The average Bonchev–Trinajstić information content (AvgIpc) is 3.04. The molecule has 0 aliphatic carbocycles. The molecule has 1 aliphatic heterocycles. The average molecular weight is 599 g/mol. The van der Waals surface area contributed by atoms with E-state index in [0.717, 1.165) is 16.8 Å². The Kier molecular flexibility index (Phi) is 9.41. The molecule has 1 unspecified atom stereocenters. The first-order chi connectivity index (χ1) is 21.3. The van der Waals surface area contributed by atoms with Crippen LogP contribution >= 0.6 is 0 Å². The van der Waals surface area contributed by atoms with E-state index in [1.54, 1.807) is 44.4 Å². The third-order valence-corrected chi connectivity index (χ3v) is 7.34. The first-order valence-corrected chi connectivity index (χ1v) is 14.3. The predicted molar refractivity (Wildman–Crippen MR) is 171 cm³/mol. The third-order valence-electron chi connectivity index (χ3n) is 7.34. The SMILES string of the molecule is CNCC(C=N)c1ccc2c(N3CCOCC3)nc(-c3ccc(NC(=O)Nc4ccc(C(=O)N(C)C)cc4)c(F)c3)nc2c1. The summed E-state index contributed by atoms with van der Waals surface area (Å²) in [6.45, 7) is 3.09. The van der Waals surface area contributed by atoms with Gasteiger partial charge in [0.15, 0.2) is 5.82 Å². The van der Waals surface area contributed by atoms with E-state index in [9.17, 15) is 9.59 Å². The van der Waals surface area contributed by atoms with Crippen molar-refractivity contribution >= 4 is 46.2 Å². The zero-order valence-electron chi connectivity index (χ0n) is 24.9. The van der Waals surface area contributed by atoms with Crippen LogP contribution in [0, 0.1) is 11.2 Å². The largest absolute Gasteiger partial charge is 0.378 e. The molecule has 0 spiro atoms. The van der Waals surface area contributed by atoms with E-state index in [1.807, 2.05) is 25.2 Å². The summed E-state index contributed by atoms with van der Waals surface area (Å²) < 4.78 is 20.9. The molecule has 2 heterocycles.